The van der Waals surface area contributed by atoms with Crippen LogP contribution in [0.5, 0.6) is 0 Å². The molecule has 0 radical (unpaired) electrons. The van der Waals surface area contributed by atoms with Crippen molar-refractivity contribution in [2.75, 3.05) is 24.2 Å². The number of hydrogen-bond donors (Lipinski definition) is 1. The minimum absolute atomic E-state index is 0.102. The average Bonchev–Trinajstić information content (AvgIpc) is 2.78. The zero-order valence-corrected chi connectivity index (χ0v) is 22.0. The molecule has 186 valence electrons. The second kappa shape index (κ2) is 12.2. The molecule has 2 rings (SSSR count). The number of halogens is 1. The topological polar surface area (TPSA) is 86.8 Å². The summed E-state index contributed by atoms with van der Waals surface area (Å²) >= 11 is 6.10. The van der Waals surface area contributed by atoms with Gasteiger partial charge in [0.15, 0.2) is 0 Å². The van der Waals surface area contributed by atoms with Crippen molar-refractivity contribution >= 4 is 39.1 Å². The molecule has 1 unspecified atom stereocenters. The van der Waals surface area contributed by atoms with Crippen LogP contribution in [0.15, 0.2) is 42.5 Å². The third kappa shape index (κ3) is 7.46. The molecule has 34 heavy (non-hydrogen) atoms. The quantitative estimate of drug-likeness (QED) is 0.497. The van der Waals surface area contributed by atoms with Gasteiger partial charge in [0, 0.05) is 31.6 Å². The monoisotopic (exact) mass is 507 g/mol. The van der Waals surface area contributed by atoms with E-state index >= 15 is 0 Å². The first kappa shape index (κ1) is 27.7. The Morgan fingerprint density at radius 1 is 1.09 bits per heavy atom. The molecule has 9 heteroatoms. The molecule has 0 aliphatic carbocycles. The molecule has 0 aliphatic heterocycles. The van der Waals surface area contributed by atoms with Gasteiger partial charge in [-0.3, -0.25) is 13.9 Å². The van der Waals surface area contributed by atoms with Crippen LogP contribution in [-0.2, 0) is 26.2 Å². The molecular formula is C25H34ClN3O4S. The minimum atomic E-state index is -3.58. The fourth-order valence-corrected chi connectivity index (χ4v) is 4.99. The molecule has 0 heterocycles. The highest BCUT2D eigenvalue weighted by molar-refractivity contribution is 7.92. The van der Waals surface area contributed by atoms with Crippen LogP contribution in [0.4, 0.5) is 5.69 Å². The lowest BCUT2D eigenvalue weighted by atomic mass is 10.1. The Hall–Kier alpha value is -2.58. The van der Waals surface area contributed by atoms with Crippen molar-refractivity contribution in [3.63, 3.8) is 0 Å². The number of hydrogen-bond acceptors (Lipinski definition) is 4. The number of nitrogens with zero attached hydrogens (tertiary/aromatic N) is 2. The van der Waals surface area contributed by atoms with E-state index in [-0.39, 0.29) is 24.8 Å². The van der Waals surface area contributed by atoms with Gasteiger partial charge in [-0.2, -0.15) is 0 Å². The normalized spacial score (nSPS) is 12.2. The summed E-state index contributed by atoms with van der Waals surface area (Å²) in [5, 5.41) is 3.08. The van der Waals surface area contributed by atoms with Crippen LogP contribution < -0.4 is 9.62 Å². The van der Waals surface area contributed by atoms with Crippen molar-refractivity contribution in [3.05, 3.63) is 64.2 Å². The number of aryl methyl sites for hydroxylation is 2. The van der Waals surface area contributed by atoms with Gasteiger partial charge in [-0.15, -0.1) is 0 Å². The molecular weight excluding hydrogens is 474 g/mol. The van der Waals surface area contributed by atoms with Crippen LogP contribution in [0.2, 0.25) is 5.02 Å². The van der Waals surface area contributed by atoms with E-state index in [0.717, 1.165) is 22.9 Å². The minimum Gasteiger partial charge on any atom is -0.357 e. The molecule has 2 aromatic carbocycles. The number of rotatable bonds is 11. The molecule has 2 aromatic rings. The lowest BCUT2D eigenvalue weighted by Gasteiger charge is -2.31. The van der Waals surface area contributed by atoms with E-state index < -0.39 is 16.1 Å². The highest BCUT2D eigenvalue weighted by Gasteiger charge is 2.28. The van der Waals surface area contributed by atoms with Crippen molar-refractivity contribution in [1.82, 2.24) is 10.2 Å². The fourth-order valence-electron chi connectivity index (χ4n) is 3.81. The summed E-state index contributed by atoms with van der Waals surface area (Å²) in [6, 6.07) is 12.3. The third-order valence-corrected chi connectivity index (χ3v) is 7.11. The van der Waals surface area contributed by atoms with E-state index in [9.17, 15) is 18.0 Å². The van der Waals surface area contributed by atoms with E-state index in [4.69, 9.17) is 11.6 Å². The zero-order chi connectivity index (χ0) is 25.5. The van der Waals surface area contributed by atoms with Crippen molar-refractivity contribution in [2.24, 2.45) is 0 Å². The number of benzene rings is 2. The number of sulfonamides is 1. The Morgan fingerprint density at radius 3 is 2.29 bits per heavy atom. The lowest BCUT2D eigenvalue weighted by Crippen LogP contribution is -2.48. The summed E-state index contributed by atoms with van der Waals surface area (Å²) in [7, 11) is -2.03. The van der Waals surface area contributed by atoms with E-state index in [2.05, 4.69) is 5.32 Å². The second-order valence-electron chi connectivity index (χ2n) is 8.42. The summed E-state index contributed by atoms with van der Waals surface area (Å²) < 4.78 is 26.3. The van der Waals surface area contributed by atoms with Crippen LogP contribution >= 0.6 is 11.6 Å². The molecule has 2 amide bonds. The molecule has 0 saturated carbocycles. The lowest BCUT2D eigenvalue weighted by molar-refractivity contribution is -0.141. The molecule has 0 spiro atoms. The number of nitrogens with one attached hydrogen (secondary N) is 1. The first-order valence-electron chi connectivity index (χ1n) is 11.3. The van der Waals surface area contributed by atoms with Crippen molar-refractivity contribution in [2.45, 2.75) is 52.6 Å². The molecule has 0 aromatic heterocycles. The molecule has 1 atom stereocenters. The van der Waals surface area contributed by atoms with Gasteiger partial charge in [0.05, 0.1) is 11.9 Å². The van der Waals surface area contributed by atoms with Crippen molar-refractivity contribution in [1.29, 1.82) is 0 Å². The Morgan fingerprint density at radius 2 is 1.74 bits per heavy atom. The van der Waals surface area contributed by atoms with Gasteiger partial charge in [-0.25, -0.2) is 8.42 Å². The number of carbonyl (C=O) groups is 2. The zero-order valence-electron chi connectivity index (χ0n) is 20.5. The van der Waals surface area contributed by atoms with E-state index in [1.165, 1.54) is 4.31 Å². The first-order chi connectivity index (χ1) is 16.0. The largest absolute Gasteiger partial charge is 0.357 e. The van der Waals surface area contributed by atoms with Crippen molar-refractivity contribution in [3.8, 4) is 0 Å². The summed E-state index contributed by atoms with van der Waals surface area (Å²) in [6.07, 6.45) is 2.00. The van der Waals surface area contributed by atoms with E-state index in [1.807, 2.05) is 45.0 Å². The first-order valence-corrected chi connectivity index (χ1v) is 13.5. The van der Waals surface area contributed by atoms with Gasteiger partial charge in [0.1, 0.15) is 6.04 Å². The van der Waals surface area contributed by atoms with Gasteiger partial charge < -0.3 is 10.2 Å². The smallest absolute Gasteiger partial charge is 0.242 e. The van der Waals surface area contributed by atoms with E-state index in [1.54, 1.807) is 30.1 Å². The predicted octanol–water partition coefficient (Wildman–Crippen LogP) is 4.06. The number of amides is 2. The molecule has 0 saturated heterocycles. The number of carbonyl (C=O) groups excluding carboxylic acids is 2. The van der Waals surface area contributed by atoms with Crippen LogP contribution in [0.1, 0.15) is 42.9 Å². The number of likely N-dealkylation sites (N-methyl/N-ethyl adjacent to an activating group) is 1. The van der Waals surface area contributed by atoms with Crippen molar-refractivity contribution < 1.29 is 18.0 Å². The average molecular weight is 508 g/mol. The van der Waals surface area contributed by atoms with Crippen LogP contribution in [-0.4, -0.2) is 51.0 Å². The Bertz CT molecular complexity index is 1100. The predicted molar refractivity (Wildman–Crippen MR) is 137 cm³/mol. The van der Waals surface area contributed by atoms with Gasteiger partial charge in [-0.05, 0) is 49.9 Å². The maximum absolute atomic E-state index is 13.3. The molecule has 7 nitrogen and oxygen atoms in total. The fraction of sp³-hybridized carbons (Fsp3) is 0.440. The highest BCUT2D eigenvalue weighted by atomic mass is 35.5. The molecule has 0 aliphatic rings. The molecule has 1 N–H and O–H groups in total. The van der Waals surface area contributed by atoms with Gasteiger partial charge in [0.2, 0.25) is 21.8 Å². The third-order valence-electron chi connectivity index (χ3n) is 5.70. The highest BCUT2D eigenvalue weighted by Crippen LogP contribution is 2.27. The maximum Gasteiger partial charge on any atom is 0.242 e. The van der Waals surface area contributed by atoms with Gasteiger partial charge in [-0.1, -0.05) is 54.4 Å². The summed E-state index contributed by atoms with van der Waals surface area (Å²) in [5.74, 6) is -0.428. The molecule has 0 fully saturated rings. The standard InChI is InChI=1S/C25H34ClN3O4S/c1-6-22(25(31)27-4)28(17-20-12-9-18(2)10-13-20)24(30)8-7-15-29(34(5,32)33)23-16-21(26)14-11-19(23)3/h9-14,16,22H,6-8,15,17H2,1-5H3,(H,27,31). The Labute approximate surface area is 208 Å². The van der Waals surface area contributed by atoms with Gasteiger partial charge in [0.25, 0.3) is 0 Å². The maximum atomic E-state index is 13.3. The second-order valence-corrected chi connectivity index (χ2v) is 10.8. The Balaban J connectivity index is 2.21. The summed E-state index contributed by atoms with van der Waals surface area (Å²) in [5.41, 5.74) is 3.30. The number of anilines is 1. The Kier molecular flexibility index (Phi) is 9.94. The van der Waals surface area contributed by atoms with Crippen LogP contribution in [0, 0.1) is 13.8 Å². The van der Waals surface area contributed by atoms with Crippen LogP contribution in [0.25, 0.3) is 0 Å². The SMILES string of the molecule is CCC(C(=O)NC)N(Cc1ccc(C)cc1)C(=O)CCCN(c1cc(Cl)ccc1C)S(C)(=O)=O. The summed E-state index contributed by atoms with van der Waals surface area (Å²) in [6.45, 7) is 6.09. The summed E-state index contributed by atoms with van der Waals surface area (Å²) in [4.78, 5) is 27.4. The molecule has 0 bridgehead atoms. The van der Waals surface area contributed by atoms with E-state index in [0.29, 0.717) is 30.1 Å². The van der Waals surface area contributed by atoms with Crippen LogP contribution in [0.3, 0.4) is 0 Å². The van der Waals surface area contributed by atoms with Gasteiger partial charge >= 0.3 is 0 Å².